The van der Waals surface area contributed by atoms with Gasteiger partial charge in [-0.2, -0.15) is 0 Å². The number of anilines is 1. The lowest BCUT2D eigenvalue weighted by Crippen LogP contribution is -2.30. The normalized spacial score (nSPS) is 10.4. The van der Waals surface area contributed by atoms with E-state index in [1.807, 2.05) is 13.8 Å². The molecule has 0 unspecified atom stereocenters. The molecule has 0 radical (unpaired) electrons. The number of halogens is 3. The second-order valence-electron chi connectivity index (χ2n) is 5.24. The average Bonchev–Trinajstić information content (AvgIpc) is 2.63. The molecule has 0 atom stereocenters. The summed E-state index contributed by atoms with van der Waals surface area (Å²) < 4.78 is 39.8. The van der Waals surface area contributed by atoms with E-state index in [2.05, 4.69) is 5.32 Å². The van der Waals surface area contributed by atoms with Crippen LogP contribution < -0.4 is 5.32 Å². The zero-order valence-electron chi connectivity index (χ0n) is 13.8. The molecule has 0 aliphatic heterocycles. The molecule has 2 aromatic rings. The highest BCUT2D eigenvalue weighted by atomic mass is 19.2. The van der Waals surface area contributed by atoms with Gasteiger partial charge in [0.25, 0.3) is 11.8 Å². The maximum Gasteiger partial charge on any atom is 0.255 e. The Hall–Kier alpha value is -2.83. The number of carbonyl (C=O) groups excluding carboxylic acids is 2. The Kier molecular flexibility index (Phi) is 5.80. The van der Waals surface area contributed by atoms with Crippen LogP contribution in [0.3, 0.4) is 0 Å². The summed E-state index contributed by atoms with van der Waals surface area (Å²) in [6.45, 7) is 4.71. The number of benzene rings is 2. The summed E-state index contributed by atoms with van der Waals surface area (Å²) in [7, 11) is 0. The topological polar surface area (TPSA) is 49.4 Å². The number of hydrogen-bond donors (Lipinski definition) is 1. The van der Waals surface area contributed by atoms with E-state index in [4.69, 9.17) is 0 Å². The van der Waals surface area contributed by atoms with Gasteiger partial charge in [0.05, 0.1) is 5.69 Å². The summed E-state index contributed by atoms with van der Waals surface area (Å²) >= 11 is 0. The van der Waals surface area contributed by atoms with E-state index in [-0.39, 0.29) is 11.5 Å². The minimum atomic E-state index is -1.66. The maximum atomic E-state index is 13.7. The minimum Gasteiger partial charge on any atom is -0.339 e. The molecule has 0 saturated heterocycles. The van der Waals surface area contributed by atoms with Crippen molar-refractivity contribution in [1.29, 1.82) is 0 Å². The zero-order valence-corrected chi connectivity index (χ0v) is 13.8. The fraction of sp³-hybridized carbons (Fsp3) is 0.222. The second kappa shape index (κ2) is 7.83. The minimum absolute atomic E-state index is 0.0992. The molecule has 1 N–H and O–H groups in total. The van der Waals surface area contributed by atoms with Crippen molar-refractivity contribution in [3.63, 3.8) is 0 Å². The monoisotopic (exact) mass is 350 g/mol. The van der Waals surface area contributed by atoms with Gasteiger partial charge in [-0.1, -0.05) is 6.07 Å². The number of nitrogens with zero attached hydrogens (tertiary/aromatic N) is 1. The molecule has 0 fully saturated rings. The predicted molar refractivity (Wildman–Crippen MR) is 88.0 cm³/mol. The third kappa shape index (κ3) is 3.99. The lowest BCUT2D eigenvalue weighted by Gasteiger charge is -2.18. The summed E-state index contributed by atoms with van der Waals surface area (Å²) in [6, 6.07) is 7.54. The van der Waals surface area contributed by atoms with Crippen LogP contribution in [0.15, 0.2) is 36.4 Å². The van der Waals surface area contributed by atoms with E-state index in [1.54, 1.807) is 11.0 Å². The summed E-state index contributed by atoms with van der Waals surface area (Å²) in [5, 5.41) is 2.17. The molecule has 0 saturated carbocycles. The third-order valence-corrected chi connectivity index (χ3v) is 3.71. The van der Waals surface area contributed by atoms with Crippen molar-refractivity contribution in [1.82, 2.24) is 4.90 Å². The molecule has 0 aliphatic carbocycles. The van der Waals surface area contributed by atoms with Crippen LogP contribution in [0.5, 0.6) is 0 Å². The number of hydrogen-bond acceptors (Lipinski definition) is 2. The second-order valence-corrected chi connectivity index (χ2v) is 5.24. The van der Waals surface area contributed by atoms with Crippen LogP contribution in [0, 0.1) is 17.5 Å². The number of rotatable bonds is 5. The Labute approximate surface area is 143 Å². The Balaban J connectivity index is 2.25. The van der Waals surface area contributed by atoms with Crippen molar-refractivity contribution in [3.05, 3.63) is 65.0 Å². The maximum absolute atomic E-state index is 13.7. The fourth-order valence-electron chi connectivity index (χ4n) is 2.30. The fourth-order valence-corrected chi connectivity index (χ4v) is 2.30. The summed E-state index contributed by atoms with van der Waals surface area (Å²) in [4.78, 5) is 26.1. The first-order valence-corrected chi connectivity index (χ1v) is 7.73. The van der Waals surface area contributed by atoms with E-state index >= 15 is 0 Å². The molecule has 25 heavy (non-hydrogen) atoms. The van der Waals surface area contributed by atoms with Crippen molar-refractivity contribution in [2.45, 2.75) is 13.8 Å². The van der Waals surface area contributed by atoms with Gasteiger partial charge in [-0.15, -0.1) is 0 Å². The molecule has 2 rings (SSSR count). The molecule has 0 bridgehead atoms. The zero-order chi connectivity index (χ0) is 18.6. The summed E-state index contributed by atoms with van der Waals surface area (Å²) in [5.74, 6) is -5.47. The first-order chi connectivity index (χ1) is 11.9. The molecular weight excluding hydrogens is 333 g/mol. The van der Waals surface area contributed by atoms with E-state index in [0.29, 0.717) is 24.7 Å². The molecular formula is C18H17F3N2O2. The van der Waals surface area contributed by atoms with Crippen LogP contribution in [0.4, 0.5) is 18.9 Å². The van der Waals surface area contributed by atoms with Gasteiger partial charge >= 0.3 is 0 Å². The van der Waals surface area contributed by atoms with Crippen LogP contribution in [-0.2, 0) is 0 Å². The van der Waals surface area contributed by atoms with Crippen LogP contribution in [-0.4, -0.2) is 29.8 Å². The molecule has 0 heterocycles. The van der Waals surface area contributed by atoms with E-state index < -0.39 is 29.0 Å². The van der Waals surface area contributed by atoms with Crippen molar-refractivity contribution in [2.75, 3.05) is 18.4 Å². The van der Waals surface area contributed by atoms with E-state index in [9.17, 15) is 22.8 Å². The van der Waals surface area contributed by atoms with Crippen molar-refractivity contribution < 1.29 is 22.8 Å². The molecule has 0 aliphatic rings. The first kappa shape index (κ1) is 18.5. The van der Waals surface area contributed by atoms with Gasteiger partial charge in [-0.25, -0.2) is 13.2 Å². The largest absolute Gasteiger partial charge is 0.339 e. The SMILES string of the molecule is CCN(CC)C(=O)c1cccc(C(=O)Nc2ccc(F)c(F)c2F)c1. The smallest absolute Gasteiger partial charge is 0.255 e. The molecule has 0 aromatic heterocycles. The van der Waals surface area contributed by atoms with Crippen LogP contribution in [0.1, 0.15) is 34.6 Å². The number of carbonyl (C=O) groups is 2. The summed E-state index contributed by atoms with van der Waals surface area (Å²) in [6.07, 6.45) is 0. The average molecular weight is 350 g/mol. The summed E-state index contributed by atoms with van der Waals surface area (Å²) in [5.41, 5.74) is -0.0754. The number of amides is 2. The quantitative estimate of drug-likeness (QED) is 0.833. The lowest BCUT2D eigenvalue weighted by molar-refractivity contribution is 0.0773. The van der Waals surface area contributed by atoms with E-state index in [1.165, 1.54) is 18.2 Å². The van der Waals surface area contributed by atoms with Gasteiger partial charge in [-0.3, -0.25) is 9.59 Å². The first-order valence-electron chi connectivity index (χ1n) is 7.73. The van der Waals surface area contributed by atoms with Gasteiger partial charge in [0.15, 0.2) is 17.5 Å². The third-order valence-electron chi connectivity index (χ3n) is 3.71. The van der Waals surface area contributed by atoms with Crippen molar-refractivity contribution in [3.8, 4) is 0 Å². The molecule has 2 amide bonds. The Bertz CT molecular complexity index is 805. The van der Waals surface area contributed by atoms with E-state index in [0.717, 1.165) is 6.07 Å². The molecule has 7 heteroatoms. The van der Waals surface area contributed by atoms with Crippen LogP contribution >= 0.6 is 0 Å². The van der Waals surface area contributed by atoms with Gasteiger partial charge < -0.3 is 10.2 Å². The van der Waals surface area contributed by atoms with Gasteiger partial charge in [0.1, 0.15) is 0 Å². The molecule has 132 valence electrons. The van der Waals surface area contributed by atoms with Crippen molar-refractivity contribution >= 4 is 17.5 Å². The highest BCUT2D eigenvalue weighted by Gasteiger charge is 2.18. The predicted octanol–water partition coefficient (Wildman–Crippen LogP) is 3.84. The Morgan fingerprint density at radius 3 is 2.24 bits per heavy atom. The van der Waals surface area contributed by atoms with Crippen LogP contribution in [0.25, 0.3) is 0 Å². The van der Waals surface area contributed by atoms with Crippen LogP contribution in [0.2, 0.25) is 0 Å². The molecule has 2 aromatic carbocycles. The standard InChI is InChI=1S/C18H17F3N2O2/c1-3-23(4-2)18(25)12-7-5-6-11(10-12)17(24)22-14-9-8-13(19)15(20)16(14)21/h5-10H,3-4H2,1-2H3,(H,22,24). The number of nitrogens with one attached hydrogen (secondary N) is 1. The molecule has 0 spiro atoms. The van der Waals surface area contributed by atoms with Gasteiger partial charge in [-0.05, 0) is 44.2 Å². The molecule has 4 nitrogen and oxygen atoms in total. The Morgan fingerprint density at radius 2 is 1.60 bits per heavy atom. The van der Waals surface area contributed by atoms with Crippen molar-refractivity contribution in [2.24, 2.45) is 0 Å². The highest BCUT2D eigenvalue weighted by molar-refractivity contribution is 6.06. The Morgan fingerprint density at radius 1 is 0.960 bits per heavy atom. The lowest BCUT2D eigenvalue weighted by atomic mass is 10.1. The van der Waals surface area contributed by atoms with Gasteiger partial charge in [0.2, 0.25) is 0 Å². The van der Waals surface area contributed by atoms with Gasteiger partial charge in [0, 0.05) is 24.2 Å². The highest BCUT2D eigenvalue weighted by Crippen LogP contribution is 2.20.